The summed E-state index contributed by atoms with van der Waals surface area (Å²) >= 11 is 7.72. The number of hydrogen-bond acceptors (Lipinski definition) is 5. The van der Waals surface area contributed by atoms with Crippen LogP contribution < -0.4 is 10.2 Å². The van der Waals surface area contributed by atoms with Gasteiger partial charge in [0, 0.05) is 27.1 Å². The number of aromatic nitrogens is 1. The predicted octanol–water partition coefficient (Wildman–Crippen LogP) is 6.49. The van der Waals surface area contributed by atoms with Gasteiger partial charge in [-0.3, -0.25) is 5.43 Å². The fourth-order valence-corrected chi connectivity index (χ4v) is 3.57. The van der Waals surface area contributed by atoms with E-state index in [0.717, 1.165) is 33.3 Å². The van der Waals surface area contributed by atoms with Crippen molar-refractivity contribution in [3.63, 3.8) is 0 Å². The molecule has 0 unspecified atom stereocenters. The van der Waals surface area contributed by atoms with E-state index in [9.17, 15) is 0 Å². The van der Waals surface area contributed by atoms with Crippen LogP contribution in [0.5, 0.6) is 5.75 Å². The maximum atomic E-state index is 6.21. The molecule has 1 N–H and O–H groups in total. The van der Waals surface area contributed by atoms with E-state index in [0.29, 0.717) is 11.6 Å². The summed E-state index contributed by atoms with van der Waals surface area (Å²) in [5, 5.41) is 7.75. The Hall–Kier alpha value is -3.15. The van der Waals surface area contributed by atoms with E-state index in [1.807, 2.05) is 84.2 Å². The molecule has 0 saturated carbocycles. The Morgan fingerprint density at radius 3 is 2.59 bits per heavy atom. The van der Waals surface area contributed by atoms with Crippen LogP contribution in [0.1, 0.15) is 11.1 Å². The van der Waals surface area contributed by atoms with Crippen LogP contribution >= 0.6 is 22.9 Å². The zero-order valence-corrected chi connectivity index (χ0v) is 17.0. The van der Waals surface area contributed by atoms with Crippen molar-refractivity contribution in [2.45, 2.75) is 6.61 Å². The minimum atomic E-state index is 0.394. The second-order valence-corrected chi connectivity index (χ2v) is 7.46. The van der Waals surface area contributed by atoms with Crippen LogP contribution in [0.2, 0.25) is 5.02 Å². The van der Waals surface area contributed by atoms with E-state index in [4.69, 9.17) is 16.3 Å². The molecule has 0 amide bonds. The van der Waals surface area contributed by atoms with Gasteiger partial charge in [0.2, 0.25) is 5.13 Å². The lowest BCUT2D eigenvalue weighted by atomic mass is 10.2. The van der Waals surface area contributed by atoms with Crippen molar-refractivity contribution < 1.29 is 4.74 Å². The first-order chi connectivity index (χ1) is 14.3. The molecule has 4 nitrogen and oxygen atoms in total. The SMILES string of the molecule is Clc1ccccc1COc1ccccc1C=NNc1nc(-c2ccccc2)cs1. The van der Waals surface area contributed by atoms with E-state index in [1.165, 1.54) is 11.3 Å². The average molecular weight is 420 g/mol. The highest BCUT2D eigenvalue weighted by Gasteiger charge is 2.05. The number of halogens is 1. The Kier molecular flexibility index (Phi) is 6.19. The van der Waals surface area contributed by atoms with Crippen molar-refractivity contribution in [2.75, 3.05) is 5.43 Å². The van der Waals surface area contributed by atoms with Crippen LogP contribution in [0, 0.1) is 0 Å². The molecule has 0 aliphatic heterocycles. The van der Waals surface area contributed by atoms with E-state index < -0.39 is 0 Å². The molecule has 144 valence electrons. The standard InChI is InChI=1S/C23H18ClN3OS/c24-20-12-6-4-11-19(20)15-28-22-13-7-5-10-18(22)14-25-27-23-26-21(16-29-23)17-8-2-1-3-9-17/h1-14,16H,15H2,(H,26,27). The summed E-state index contributed by atoms with van der Waals surface area (Å²) in [7, 11) is 0. The monoisotopic (exact) mass is 419 g/mol. The summed E-state index contributed by atoms with van der Waals surface area (Å²) in [6.45, 7) is 0.394. The first-order valence-corrected chi connectivity index (χ1v) is 10.3. The number of benzene rings is 3. The lowest BCUT2D eigenvalue weighted by molar-refractivity contribution is 0.306. The molecular formula is C23H18ClN3OS. The number of ether oxygens (including phenoxy) is 1. The lowest BCUT2D eigenvalue weighted by Crippen LogP contribution is -1.99. The molecular weight excluding hydrogens is 402 g/mol. The summed E-state index contributed by atoms with van der Waals surface area (Å²) < 4.78 is 5.95. The molecule has 0 saturated heterocycles. The van der Waals surface area contributed by atoms with E-state index >= 15 is 0 Å². The number of anilines is 1. The van der Waals surface area contributed by atoms with Gasteiger partial charge in [0.25, 0.3) is 0 Å². The van der Waals surface area contributed by atoms with Crippen molar-refractivity contribution in [1.82, 2.24) is 4.98 Å². The van der Waals surface area contributed by atoms with Gasteiger partial charge in [-0.2, -0.15) is 5.10 Å². The fraction of sp³-hybridized carbons (Fsp3) is 0.0435. The Labute approximate surface area is 178 Å². The number of rotatable bonds is 7. The van der Waals surface area contributed by atoms with Crippen LogP contribution in [0.25, 0.3) is 11.3 Å². The topological polar surface area (TPSA) is 46.5 Å². The van der Waals surface area contributed by atoms with Gasteiger partial charge in [0.1, 0.15) is 12.4 Å². The molecule has 4 rings (SSSR count). The zero-order valence-electron chi connectivity index (χ0n) is 15.5. The average Bonchev–Trinajstić information content (AvgIpc) is 3.24. The first kappa shape index (κ1) is 19.2. The Morgan fingerprint density at radius 1 is 0.966 bits per heavy atom. The summed E-state index contributed by atoms with van der Waals surface area (Å²) in [5.74, 6) is 0.738. The second-order valence-electron chi connectivity index (χ2n) is 6.19. The van der Waals surface area contributed by atoms with Gasteiger partial charge < -0.3 is 4.74 Å². The molecule has 1 heterocycles. The third-order valence-electron chi connectivity index (χ3n) is 4.20. The maximum absolute atomic E-state index is 6.21. The summed E-state index contributed by atoms with van der Waals surface area (Å²) in [4.78, 5) is 4.57. The quantitative estimate of drug-likeness (QED) is 0.275. The van der Waals surface area contributed by atoms with Gasteiger partial charge in [-0.05, 0) is 18.2 Å². The molecule has 29 heavy (non-hydrogen) atoms. The molecule has 0 fully saturated rings. The van der Waals surface area contributed by atoms with Crippen molar-refractivity contribution in [3.8, 4) is 17.0 Å². The summed E-state index contributed by atoms with van der Waals surface area (Å²) in [5.41, 5.74) is 6.81. The number of hydrazone groups is 1. The van der Waals surface area contributed by atoms with Crippen molar-refractivity contribution in [1.29, 1.82) is 0 Å². The minimum Gasteiger partial charge on any atom is -0.488 e. The highest BCUT2D eigenvalue weighted by molar-refractivity contribution is 7.14. The van der Waals surface area contributed by atoms with Crippen LogP contribution in [0.4, 0.5) is 5.13 Å². The number of hydrogen-bond donors (Lipinski definition) is 1. The molecule has 0 spiro atoms. The van der Waals surface area contributed by atoms with Crippen LogP contribution in [0.15, 0.2) is 89.3 Å². The van der Waals surface area contributed by atoms with Crippen LogP contribution in [-0.2, 0) is 6.61 Å². The lowest BCUT2D eigenvalue weighted by Gasteiger charge is -2.10. The highest BCUT2D eigenvalue weighted by Crippen LogP contribution is 2.25. The van der Waals surface area contributed by atoms with Gasteiger partial charge in [-0.1, -0.05) is 72.3 Å². The van der Waals surface area contributed by atoms with Gasteiger partial charge in [-0.15, -0.1) is 11.3 Å². The minimum absolute atomic E-state index is 0.394. The highest BCUT2D eigenvalue weighted by atomic mass is 35.5. The number of nitrogens with one attached hydrogen (secondary N) is 1. The maximum Gasteiger partial charge on any atom is 0.203 e. The van der Waals surface area contributed by atoms with Crippen molar-refractivity contribution in [3.05, 3.63) is 100 Å². The van der Waals surface area contributed by atoms with Crippen LogP contribution in [-0.4, -0.2) is 11.2 Å². The Morgan fingerprint density at radius 2 is 1.72 bits per heavy atom. The molecule has 0 bridgehead atoms. The third-order valence-corrected chi connectivity index (χ3v) is 5.31. The molecule has 0 radical (unpaired) electrons. The molecule has 3 aromatic carbocycles. The van der Waals surface area contributed by atoms with E-state index in [1.54, 1.807) is 6.21 Å². The van der Waals surface area contributed by atoms with Gasteiger partial charge in [0.15, 0.2) is 0 Å². The number of para-hydroxylation sites is 1. The van der Waals surface area contributed by atoms with E-state index in [-0.39, 0.29) is 0 Å². The van der Waals surface area contributed by atoms with Gasteiger partial charge in [-0.25, -0.2) is 4.98 Å². The van der Waals surface area contributed by atoms with Crippen molar-refractivity contribution in [2.24, 2.45) is 5.10 Å². The van der Waals surface area contributed by atoms with Gasteiger partial charge in [0.05, 0.1) is 11.9 Å². The Bertz CT molecular complexity index is 1110. The van der Waals surface area contributed by atoms with Crippen molar-refractivity contribution >= 4 is 34.3 Å². The van der Waals surface area contributed by atoms with Crippen LogP contribution in [0.3, 0.4) is 0 Å². The molecule has 4 aromatic rings. The smallest absolute Gasteiger partial charge is 0.203 e. The second kappa shape index (κ2) is 9.37. The van der Waals surface area contributed by atoms with Gasteiger partial charge >= 0.3 is 0 Å². The summed E-state index contributed by atoms with van der Waals surface area (Å²) in [6, 6.07) is 25.5. The molecule has 0 aliphatic rings. The molecule has 0 aliphatic carbocycles. The molecule has 6 heteroatoms. The normalized spacial score (nSPS) is 10.9. The molecule has 1 aromatic heterocycles. The summed E-state index contributed by atoms with van der Waals surface area (Å²) in [6.07, 6.45) is 1.73. The fourth-order valence-electron chi connectivity index (χ4n) is 2.71. The Balaban J connectivity index is 1.41. The number of thiazole rings is 1. The largest absolute Gasteiger partial charge is 0.488 e. The third kappa shape index (κ3) is 5.02. The zero-order chi connectivity index (χ0) is 19.9. The molecule has 0 atom stereocenters. The first-order valence-electron chi connectivity index (χ1n) is 9.05. The number of nitrogens with zero attached hydrogens (tertiary/aromatic N) is 2. The predicted molar refractivity (Wildman–Crippen MR) is 121 cm³/mol. The van der Waals surface area contributed by atoms with E-state index in [2.05, 4.69) is 15.5 Å².